The molecule has 21 heavy (non-hydrogen) atoms. The Labute approximate surface area is 130 Å². The number of thiophene rings is 1. The van der Waals surface area contributed by atoms with Crippen molar-refractivity contribution in [2.75, 3.05) is 20.3 Å². The van der Waals surface area contributed by atoms with Gasteiger partial charge >= 0.3 is 0 Å². The van der Waals surface area contributed by atoms with E-state index in [1.165, 1.54) is 24.2 Å². The van der Waals surface area contributed by atoms with Gasteiger partial charge in [0.1, 0.15) is 4.21 Å². The summed E-state index contributed by atoms with van der Waals surface area (Å²) >= 11 is 1.33. The van der Waals surface area contributed by atoms with Crippen molar-refractivity contribution in [3.8, 4) is 0 Å². The first kappa shape index (κ1) is 15.4. The third-order valence-electron chi connectivity index (χ3n) is 3.83. The maximum absolute atomic E-state index is 12.7. The Balaban J connectivity index is 1.69. The molecule has 2 fully saturated rings. The van der Waals surface area contributed by atoms with E-state index in [1.54, 1.807) is 11.4 Å². The maximum atomic E-state index is 12.7. The molecule has 0 saturated heterocycles. The molecule has 0 aliphatic heterocycles. The SMILES string of the molecule is COCCN(C1CC1)S(=O)(=O)c1cc(CNC2CC2)cs1. The monoisotopic (exact) mass is 330 g/mol. The number of nitrogens with one attached hydrogen (secondary N) is 1. The Kier molecular flexibility index (Phi) is 4.66. The predicted molar refractivity (Wildman–Crippen MR) is 83.0 cm³/mol. The topological polar surface area (TPSA) is 58.6 Å². The summed E-state index contributed by atoms with van der Waals surface area (Å²) in [5.41, 5.74) is 1.06. The molecule has 118 valence electrons. The minimum absolute atomic E-state index is 0.167. The molecule has 0 unspecified atom stereocenters. The normalized spacial score (nSPS) is 19.3. The van der Waals surface area contributed by atoms with E-state index < -0.39 is 10.0 Å². The van der Waals surface area contributed by atoms with Crippen molar-refractivity contribution in [2.45, 2.75) is 48.5 Å². The molecule has 0 spiro atoms. The summed E-state index contributed by atoms with van der Waals surface area (Å²) in [6, 6.07) is 2.62. The molecule has 2 aliphatic carbocycles. The van der Waals surface area contributed by atoms with Crippen LogP contribution >= 0.6 is 11.3 Å². The molecule has 3 rings (SSSR count). The summed E-state index contributed by atoms with van der Waals surface area (Å²) in [5.74, 6) is 0. The summed E-state index contributed by atoms with van der Waals surface area (Å²) in [7, 11) is -1.77. The van der Waals surface area contributed by atoms with Gasteiger partial charge in [-0.3, -0.25) is 0 Å². The quantitative estimate of drug-likeness (QED) is 0.750. The van der Waals surface area contributed by atoms with E-state index in [0.29, 0.717) is 23.4 Å². The Morgan fingerprint density at radius 1 is 1.38 bits per heavy atom. The number of methoxy groups -OCH3 is 1. The smallest absolute Gasteiger partial charge is 0.252 e. The molecule has 1 aromatic rings. The number of rotatable bonds is 9. The van der Waals surface area contributed by atoms with Gasteiger partial charge in [-0.1, -0.05) is 0 Å². The van der Waals surface area contributed by atoms with Crippen LogP contribution in [0.3, 0.4) is 0 Å². The minimum atomic E-state index is -3.37. The molecule has 2 aliphatic rings. The number of nitrogens with zero attached hydrogens (tertiary/aromatic N) is 1. The number of ether oxygens (including phenoxy) is 1. The molecule has 2 saturated carbocycles. The van der Waals surface area contributed by atoms with E-state index in [9.17, 15) is 8.42 Å². The molecule has 0 radical (unpaired) electrons. The zero-order valence-corrected chi connectivity index (χ0v) is 13.9. The highest BCUT2D eigenvalue weighted by Crippen LogP contribution is 2.34. The van der Waals surface area contributed by atoms with E-state index in [2.05, 4.69) is 5.32 Å². The molecule has 1 aromatic heterocycles. The largest absolute Gasteiger partial charge is 0.383 e. The Hall–Kier alpha value is -0.470. The second-order valence-electron chi connectivity index (χ2n) is 5.77. The molecule has 7 heteroatoms. The van der Waals surface area contributed by atoms with Gasteiger partial charge in [0.05, 0.1) is 6.61 Å². The molecule has 1 heterocycles. The van der Waals surface area contributed by atoms with Crippen LogP contribution in [-0.4, -0.2) is 45.1 Å². The van der Waals surface area contributed by atoms with Gasteiger partial charge in [0.2, 0.25) is 0 Å². The molecular weight excluding hydrogens is 308 g/mol. The van der Waals surface area contributed by atoms with E-state index in [1.807, 2.05) is 11.4 Å². The molecule has 0 bridgehead atoms. The highest BCUT2D eigenvalue weighted by molar-refractivity contribution is 7.91. The first-order valence-corrected chi connectivity index (χ1v) is 9.75. The third kappa shape index (κ3) is 3.84. The van der Waals surface area contributed by atoms with Crippen molar-refractivity contribution in [1.29, 1.82) is 0 Å². The lowest BCUT2D eigenvalue weighted by molar-refractivity contribution is 0.177. The average Bonchev–Trinajstić information content (AvgIpc) is 3.37. The standard InChI is InChI=1S/C14H22N2O3S2/c1-19-7-6-16(13-4-5-13)21(17,18)14-8-11(10-20-14)9-15-12-2-3-12/h8,10,12-13,15H,2-7,9H2,1H3. The molecule has 0 atom stereocenters. The van der Waals surface area contributed by atoms with Crippen molar-refractivity contribution in [3.05, 3.63) is 17.0 Å². The first-order valence-electron chi connectivity index (χ1n) is 7.43. The zero-order chi connectivity index (χ0) is 14.9. The number of hydrogen-bond acceptors (Lipinski definition) is 5. The highest BCUT2D eigenvalue weighted by Gasteiger charge is 2.38. The van der Waals surface area contributed by atoms with E-state index in [4.69, 9.17) is 4.74 Å². The van der Waals surface area contributed by atoms with E-state index in [0.717, 1.165) is 24.9 Å². The summed E-state index contributed by atoms with van der Waals surface area (Å²) in [6.45, 7) is 1.65. The summed E-state index contributed by atoms with van der Waals surface area (Å²) in [5, 5.41) is 5.36. The lowest BCUT2D eigenvalue weighted by Gasteiger charge is -2.20. The summed E-state index contributed by atoms with van der Waals surface area (Å²) in [4.78, 5) is 0. The molecule has 5 nitrogen and oxygen atoms in total. The van der Waals surface area contributed by atoms with Crippen LogP contribution in [0.4, 0.5) is 0 Å². The number of sulfonamides is 1. The van der Waals surface area contributed by atoms with Gasteiger partial charge in [-0.25, -0.2) is 8.42 Å². The summed E-state index contributed by atoms with van der Waals surface area (Å²) < 4.78 is 32.6. The minimum Gasteiger partial charge on any atom is -0.383 e. The van der Waals surface area contributed by atoms with Crippen molar-refractivity contribution >= 4 is 21.4 Å². The van der Waals surface area contributed by atoms with Crippen molar-refractivity contribution in [1.82, 2.24) is 9.62 Å². The Morgan fingerprint density at radius 2 is 2.14 bits per heavy atom. The molecule has 1 N–H and O–H groups in total. The van der Waals surface area contributed by atoms with Crippen LogP contribution in [0.1, 0.15) is 31.2 Å². The van der Waals surface area contributed by atoms with Crippen LogP contribution in [0.15, 0.2) is 15.7 Å². The van der Waals surface area contributed by atoms with Crippen LogP contribution in [0, 0.1) is 0 Å². The van der Waals surface area contributed by atoms with Gasteiger partial charge in [0.15, 0.2) is 0 Å². The van der Waals surface area contributed by atoms with E-state index in [-0.39, 0.29) is 6.04 Å². The molecular formula is C14H22N2O3S2. The predicted octanol–water partition coefficient (Wildman–Crippen LogP) is 1.80. The van der Waals surface area contributed by atoms with Crippen LogP contribution in [0.2, 0.25) is 0 Å². The van der Waals surface area contributed by atoms with Crippen molar-refractivity contribution in [3.63, 3.8) is 0 Å². The fourth-order valence-electron chi connectivity index (χ4n) is 2.29. The summed E-state index contributed by atoms with van der Waals surface area (Å²) in [6.07, 6.45) is 4.40. The third-order valence-corrected chi connectivity index (χ3v) is 7.25. The molecule has 0 aromatic carbocycles. The van der Waals surface area contributed by atoms with Gasteiger partial charge in [-0.2, -0.15) is 4.31 Å². The van der Waals surface area contributed by atoms with Crippen LogP contribution < -0.4 is 5.32 Å². The van der Waals surface area contributed by atoms with E-state index >= 15 is 0 Å². The zero-order valence-electron chi connectivity index (χ0n) is 12.2. The van der Waals surface area contributed by atoms with Gasteiger partial charge in [0, 0.05) is 32.3 Å². The molecule has 0 amide bonds. The Bertz CT molecular complexity index is 577. The van der Waals surface area contributed by atoms with Gasteiger partial charge < -0.3 is 10.1 Å². The van der Waals surface area contributed by atoms with Crippen LogP contribution in [-0.2, 0) is 21.3 Å². The average molecular weight is 330 g/mol. The maximum Gasteiger partial charge on any atom is 0.252 e. The van der Waals surface area contributed by atoms with Crippen LogP contribution in [0.5, 0.6) is 0 Å². The first-order chi connectivity index (χ1) is 10.1. The second-order valence-corrected chi connectivity index (χ2v) is 8.80. The van der Waals surface area contributed by atoms with Gasteiger partial charge in [0.25, 0.3) is 10.0 Å². The van der Waals surface area contributed by atoms with Crippen molar-refractivity contribution < 1.29 is 13.2 Å². The van der Waals surface area contributed by atoms with Gasteiger partial charge in [-0.15, -0.1) is 11.3 Å². The lowest BCUT2D eigenvalue weighted by atomic mass is 10.3. The van der Waals surface area contributed by atoms with Gasteiger partial charge in [-0.05, 0) is 42.7 Å². The second kappa shape index (κ2) is 6.34. The number of hydrogen-bond donors (Lipinski definition) is 1. The Morgan fingerprint density at radius 3 is 2.76 bits per heavy atom. The lowest BCUT2D eigenvalue weighted by Crippen LogP contribution is -2.35. The highest BCUT2D eigenvalue weighted by atomic mass is 32.2. The fourth-order valence-corrected chi connectivity index (χ4v) is 5.30. The van der Waals surface area contributed by atoms with Crippen molar-refractivity contribution in [2.24, 2.45) is 0 Å². The van der Waals surface area contributed by atoms with Crippen LogP contribution in [0.25, 0.3) is 0 Å². The fraction of sp³-hybridized carbons (Fsp3) is 0.714.